The van der Waals surface area contributed by atoms with Crippen molar-refractivity contribution in [3.63, 3.8) is 0 Å². The van der Waals surface area contributed by atoms with E-state index in [4.69, 9.17) is 0 Å². The zero-order valence-electron chi connectivity index (χ0n) is 11.5. The second kappa shape index (κ2) is 8.16. The Morgan fingerprint density at radius 2 is 1.65 bits per heavy atom. The summed E-state index contributed by atoms with van der Waals surface area (Å²) >= 11 is 0. The molecular weight excluding hydrogens is 248 g/mol. The maximum Gasteiger partial charge on any atom is 0.417 e. The van der Waals surface area contributed by atoms with Gasteiger partial charge >= 0.3 is 6.47 Å². The van der Waals surface area contributed by atoms with Crippen molar-refractivity contribution in [2.45, 2.75) is 25.7 Å². The number of ether oxygens (including phenoxy) is 1. The minimum Gasteiger partial charge on any atom is -0.457 e. The van der Waals surface area contributed by atoms with Crippen LogP contribution in [0.1, 0.15) is 24.8 Å². The maximum atomic E-state index is 9.88. The smallest absolute Gasteiger partial charge is 0.417 e. The summed E-state index contributed by atoms with van der Waals surface area (Å²) < 4.78 is 4.56. The highest BCUT2D eigenvalue weighted by Gasteiger charge is 1.99. The van der Waals surface area contributed by atoms with Crippen LogP contribution < -0.4 is 0 Å². The highest BCUT2D eigenvalue weighted by molar-refractivity contribution is 5.63. The van der Waals surface area contributed by atoms with Crippen LogP contribution in [0.2, 0.25) is 0 Å². The van der Waals surface area contributed by atoms with Gasteiger partial charge in [0.05, 0.1) is 6.61 Å². The lowest BCUT2D eigenvalue weighted by atomic mass is 10.0. The summed E-state index contributed by atoms with van der Waals surface area (Å²) in [6, 6.07) is 19.1. The topological polar surface area (TPSA) is 26.3 Å². The van der Waals surface area contributed by atoms with Gasteiger partial charge in [0.15, 0.2) is 0 Å². The normalized spacial score (nSPS) is 10.2. The molecule has 0 heterocycles. The lowest BCUT2D eigenvalue weighted by Crippen LogP contribution is -1.93. The summed E-state index contributed by atoms with van der Waals surface area (Å²) in [5, 5.41) is 0. The van der Waals surface area contributed by atoms with Crippen LogP contribution in [0.5, 0.6) is 0 Å². The van der Waals surface area contributed by atoms with Crippen molar-refractivity contribution in [2.24, 2.45) is 0 Å². The minimum atomic E-state index is 0.480. The van der Waals surface area contributed by atoms with E-state index in [-0.39, 0.29) is 0 Å². The van der Waals surface area contributed by atoms with Crippen LogP contribution in [0.3, 0.4) is 0 Å². The van der Waals surface area contributed by atoms with Gasteiger partial charge < -0.3 is 4.74 Å². The molecule has 0 spiro atoms. The van der Waals surface area contributed by atoms with Gasteiger partial charge in [-0.25, -0.2) is 4.79 Å². The molecule has 0 fully saturated rings. The van der Waals surface area contributed by atoms with E-state index in [1.807, 2.05) is 6.07 Å². The number of carbonyl (C=O) groups excluding carboxylic acids is 1. The van der Waals surface area contributed by atoms with E-state index < -0.39 is 0 Å². The Kier molecular flexibility index (Phi) is 5.84. The van der Waals surface area contributed by atoms with Crippen molar-refractivity contribution < 1.29 is 9.53 Å². The number of hydrogen-bond donors (Lipinski definition) is 0. The van der Waals surface area contributed by atoms with Crippen LogP contribution >= 0.6 is 0 Å². The number of hydrogen-bond acceptors (Lipinski definition) is 2. The summed E-state index contributed by atoms with van der Waals surface area (Å²) in [4.78, 5) is 9.88. The number of unbranched alkanes of at least 4 members (excludes halogenated alkanes) is 2. The van der Waals surface area contributed by atoms with Crippen LogP contribution in [0.4, 0.5) is 0 Å². The van der Waals surface area contributed by atoms with E-state index in [1.165, 1.54) is 23.2 Å². The molecule has 0 aliphatic rings. The van der Waals surface area contributed by atoms with E-state index >= 15 is 0 Å². The van der Waals surface area contributed by atoms with Gasteiger partial charge in [-0.1, -0.05) is 54.6 Å². The molecule has 2 nitrogen and oxygen atoms in total. The molecule has 0 unspecified atom stereocenters. The van der Waals surface area contributed by atoms with E-state index in [1.54, 1.807) is 0 Å². The molecule has 103 valence electrons. The van der Waals surface area contributed by atoms with Gasteiger partial charge in [0.2, 0.25) is 0 Å². The molecule has 2 heteroatoms. The third kappa shape index (κ3) is 4.54. The standard InChI is InChI=1S/C18H19O2/c19-15-20-13-6-2-3-8-16-9-7-12-18(14-16)17-10-4-1-5-11-17/h1,4-5,7,9-12,14H,2-3,6,8,13H2. The molecule has 0 N–H and O–H groups in total. The summed E-state index contributed by atoms with van der Waals surface area (Å²) in [5.74, 6) is 0. The Morgan fingerprint density at radius 3 is 2.45 bits per heavy atom. The van der Waals surface area contributed by atoms with Crippen LogP contribution in [-0.4, -0.2) is 13.1 Å². The SMILES string of the molecule is O=[C]OCCCCCc1cccc(-c2ccccc2)c1. The summed E-state index contributed by atoms with van der Waals surface area (Å²) in [5.41, 5.74) is 3.88. The zero-order valence-corrected chi connectivity index (χ0v) is 11.5. The van der Waals surface area contributed by atoms with Gasteiger partial charge in [-0.05, 0) is 42.4 Å². The van der Waals surface area contributed by atoms with Crippen LogP contribution in [0.25, 0.3) is 11.1 Å². The minimum absolute atomic E-state index is 0.480. The van der Waals surface area contributed by atoms with E-state index in [9.17, 15) is 4.79 Å². The molecular formula is C18H19O2. The maximum absolute atomic E-state index is 9.88. The first-order valence-electron chi connectivity index (χ1n) is 7.03. The molecule has 0 bridgehead atoms. The van der Waals surface area contributed by atoms with Crippen molar-refractivity contribution in [1.82, 2.24) is 0 Å². The fourth-order valence-corrected chi connectivity index (χ4v) is 2.26. The number of aryl methyl sites for hydroxylation is 1. The van der Waals surface area contributed by atoms with Gasteiger partial charge in [-0.3, -0.25) is 0 Å². The molecule has 0 aliphatic carbocycles. The Labute approximate surface area is 120 Å². The van der Waals surface area contributed by atoms with Crippen molar-refractivity contribution in [3.8, 4) is 11.1 Å². The summed E-state index contributed by atoms with van der Waals surface area (Å²) in [7, 11) is 0. The molecule has 0 saturated carbocycles. The Balaban J connectivity index is 1.85. The monoisotopic (exact) mass is 267 g/mol. The predicted molar refractivity (Wildman–Crippen MR) is 81.1 cm³/mol. The van der Waals surface area contributed by atoms with E-state index in [2.05, 4.69) is 53.3 Å². The Bertz CT molecular complexity index is 520. The average Bonchev–Trinajstić information content (AvgIpc) is 2.52. The molecule has 0 saturated heterocycles. The first-order chi connectivity index (χ1) is 9.90. The van der Waals surface area contributed by atoms with Crippen molar-refractivity contribution in [1.29, 1.82) is 0 Å². The van der Waals surface area contributed by atoms with Crippen molar-refractivity contribution in [3.05, 3.63) is 60.2 Å². The van der Waals surface area contributed by atoms with E-state index in [0.29, 0.717) is 6.61 Å². The van der Waals surface area contributed by atoms with Gasteiger partial charge in [0.1, 0.15) is 0 Å². The second-order valence-corrected chi connectivity index (χ2v) is 4.81. The summed E-state index contributed by atoms with van der Waals surface area (Å²) in [6.07, 6.45) is 4.15. The molecule has 20 heavy (non-hydrogen) atoms. The highest BCUT2D eigenvalue weighted by Crippen LogP contribution is 2.20. The molecule has 2 rings (SSSR count). The fraction of sp³-hybridized carbons (Fsp3) is 0.278. The lowest BCUT2D eigenvalue weighted by molar-refractivity contribution is 0.269. The van der Waals surface area contributed by atoms with Gasteiger partial charge in [-0.2, -0.15) is 0 Å². The highest BCUT2D eigenvalue weighted by atomic mass is 16.5. The molecule has 0 amide bonds. The quantitative estimate of drug-likeness (QED) is 0.672. The Hall–Kier alpha value is -2.09. The average molecular weight is 267 g/mol. The molecule has 0 aliphatic heterocycles. The van der Waals surface area contributed by atoms with Gasteiger partial charge in [-0.15, -0.1) is 0 Å². The third-order valence-corrected chi connectivity index (χ3v) is 3.30. The predicted octanol–water partition coefficient (Wildman–Crippen LogP) is 4.15. The zero-order chi connectivity index (χ0) is 14.0. The number of benzene rings is 2. The van der Waals surface area contributed by atoms with Crippen LogP contribution in [0.15, 0.2) is 54.6 Å². The Morgan fingerprint density at radius 1 is 0.850 bits per heavy atom. The van der Waals surface area contributed by atoms with Crippen LogP contribution in [0, 0.1) is 0 Å². The largest absolute Gasteiger partial charge is 0.457 e. The van der Waals surface area contributed by atoms with Crippen molar-refractivity contribution in [2.75, 3.05) is 6.61 Å². The molecule has 2 aromatic rings. The first kappa shape index (κ1) is 14.3. The molecule has 0 aromatic heterocycles. The van der Waals surface area contributed by atoms with Crippen molar-refractivity contribution >= 4 is 6.47 Å². The fourth-order valence-electron chi connectivity index (χ4n) is 2.26. The molecule has 2 aromatic carbocycles. The second-order valence-electron chi connectivity index (χ2n) is 4.81. The third-order valence-electron chi connectivity index (χ3n) is 3.30. The molecule has 1 radical (unpaired) electrons. The molecule has 0 atom stereocenters. The lowest BCUT2D eigenvalue weighted by Gasteiger charge is -2.06. The summed E-state index contributed by atoms with van der Waals surface area (Å²) in [6.45, 7) is 1.93. The van der Waals surface area contributed by atoms with Gasteiger partial charge in [0, 0.05) is 0 Å². The first-order valence-corrected chi connectivity index (χ1v) is 7.03. The van der Waals surface area contributed by atoms with E-state index in [0.717, 1.165) is 25.7 Å². The number of rotatable bonds is 8. The van der Waals surface area contributed by atoms with Crippen LogP contribution in [-0.2, 0) is 16.0 Å². The van der Waals surface area contributed by atoms with Gasteiger partial charge in [0.25, 0.3) is 0 Å².